The molecule has 0 bridgehead atoms. The van der Waals surface area contributed by atoms with Gasteiger partial charge < -0.3 is 15.4 Å². The highest BCUT2D eigenvalue weighted by Gasteiger charge is 2.21. The minimum absolute atomic E-state index is 0.122. The molecule has 0 radical (unpaired) electrons. The number of hydrogen-bond acceptors (Lipinski definition) is 8. The Labute approximate surface area is 251 Å². The number of nitrogens with zero attached hydrogens (tertiary/aromatic N) is 3. The van der Waals surface area contributed by atoms with Crippen LogP contribution in [0.5, 0.6) is 11.6 Å². The van der Waals surface area contributed by atoms with Crippen molar-refractivity contribution in [1.82, 2.24) is 20.3 Å². The molecule has 6 rings (SSSR count). The van der Waals surface area contributed by atoms with Gasteiger partial charge in [0.05, 0.1) is 22.7 Å². The number of aromatic nitrogens is 3. The van der Waals surface area contributed by atoms with Gasteiger partial charge in [-0.3, -0.25) is 4.72 Å². The van der Waals surface area contributed by atoms with E-state index in [1.165, 1.54) is 0 Å². The summed E-state index contributed by atoms with van der Waals surface area (Å²) in [5.74, 6) is 2.00. The van der Waals surface area contributed by atoms with Gasteiger partial charge in [0.15, 0.2) is 0 Å². The van der Waals surface area contributed by atoms with E-state index in [9.17, 15) is 8.42 Å². The second-order valence-corrected chi connectivity index (χ2v) is 12.7. The van der Waals surface area contributed by atoms with E-state index < -0.39 is 10.0 Å². The van der Waals surface area contributed by atoms with Gasteiger partial charge in [-0.05, 0) is 61.2 Å². The summed E-state index contributed by atoms with van der Waals surface area (Å²) in [6.45, 7) is 6.07. The molecular weight excluding hydrogens is 560 g/mol. The Morgan fingerprint density at radius 2 is 1.77 bits per heavy atom. The number of benzene rings is 3. The Kier molecular flexibility index (Phi) is 8.22. The van der Waals surface area contributed by atoms with Gasteiger partial charge in [-0.1, -0.05) is 61.5 Å². The fourth-order valence-electron chi connectivity index (χ4n) is 5.45. The molecule has 10 heteroatoms. The van der Waals surface area contributed by atoms with Crippen LogP contribution in [0.15, 0.2) is 91.3 Å². The highest BCUT2D eigenvalue weighted by molar-refractivity contribution is 7.91. The number of sulfonamides is 1. The first-order chi connectivity index (χ1) is 20.8. The lowest BCUT2D eigenvalue weighted by Gasteiger charge is -2.28. The van der Waals surface area contributed by atoms with E-state index in [-0.39, 0.29) is 11.8 Å². The molecule has 0 amide bonds. The Balaban J connectivity index is 1.30. The van der Waals surface area contributed by atoms with E-state index in [0.717, 1.165) is 41.4 Å². The molecule has 2 aromatic heterocycles. The van der Waals surface area contributed by atoms with Gasteiger partial charge >= 0.3 is 0 Å². The molecule has 1 aliphatic heterocycles. The van der Waals surface area contributed by atoms with Crippen molar-refractivity contribution in [2.75, 3.05) is 23.1 Å². The quantitative estimate of drug-likeness (QED) is 0.186. The van der Waals surface area contributed by atoms with E-state index in [1.54, 1.807) is 30.6 Å². The summed E-state index contributed by atoms with van der Waals surface area (Å²) < 4.78 is 35.4. The van der Waals surface area contributed by atoms with Crippen LogP contribution in [0.3, 0.4) is 0 Å². The zero-order valence-electron chi connectivity index (χ0n) is 24.1. The lowest BCUT2D eigenvalue weighted by molar-refractivity contribution is 0.377. The molecule has 3 N–H and O–H groups in total. The molecule has 0 unspecified atom stereocenters. The number of nitrogens with one attached hydrogen (secondary N) is 3. The van der Waals surface area contributed by atoms with Crippen molar-refractivity contribution in [3.8, 4) is 22.9 Å². The van der Waals surface area contributed by atoms with E-state index in [0.29, 0.717) is 40.4 Å². The lowest BCUT2D eigenvalue weighted by Crippen LogP contribution is -2.42. The number of rotatable bonds is 9. The second kappa shape index (κ2) is 12.4. The molecule has 0 saturated carbocycles. The number of anilines is 2. The molecule has 220 valence electrons. The zero-order chi connectivity index (χ0) is 29.8. The van der Waals surface area contributed by atoms with Crippen molar-refractivity contribution in [2.24, 2.45) is 5.92 Å². The third-order valence-electron chi connectivity index (χ3n) is 7.48. The fourth-order valence-corrected chi connectivity index (χ4v) is 6.67. The maximum absolute atomic E-state index is 13.1. The third-order valence-corrected chi connectivity index (χ3v) is 8.72. The van der Waals surface area contributed by atoms with E-state index in [1.807, 2.05) is 67.6 Å². The third kappa shape index (κ3) is 6.76. The first kappa shape index (κ1) is 28.6. The van der Waals surface area contributed by atoms with Gasteiger partial charge in [0, 0.05) is 35.8 Å². The molecule has 5 aromatic rings. The summed E-state index contributed by atoms with van der Waals surface area (Å²) in [6, 6.07) is 24.3. The van der Waals surface area contributed by atoms with Gasteiger partial charge in [-0.2, -0.15) is 0 Å². The van der Waals surface area contributed by atoms with Gasteiger partial charge in [0.1, 0.15) is 5.75 Å². The number of fused-ring (bicyclic) bond motifs is 1. The van der Waals surface area contributed by atoms with Crippen LogP contribution in [0, 0.1) is 12.8 Å². The number of aryl methyl sites for hydroxylation is 1. The Morgan fingerprint density at radius 1 is 0.907 bits per heavy atom. The largest absolute Gasteiger partial charge is 0.437 e. The molecule has 1 fully saturated rings. The summed E-state index contributed by atoms with van der Waals surface area (Å²) in [5, 5.41) is 8.40. The van der Waals surface area contributed by atoms with Crippen molar-refractivity contribution < 1.29 is 13.2 Å². The Bertz CT molecular complexity index is 1850. The van der Waals surface area contributed by atoms with Gasteiger partial charge in [0.25, 0.3) is 0 Å². The Hall–Kier alpha value is -4.54. The highest BCUT2D eigenvalue weighted by atomic mass is 32.2. The maximum Gasteiger partial charge on any atom is 0.236 e. The topological polar surface area (TPSA) is 118 Å². The van der Waals surface area contributed by atoms with E-state index in [4.69, 9.17) is 9.72 Å². The van der Waals surface area contributed by atoms with Crippen molar-refractivity contribution in [1.29, 1.82) is 0 Å². The predicted molar refractivity (Wildman–Crippen MR) is 171 cm³/mol. The van der Waals surface area contributed by atoms with Crippen molar-refractivity contribution in [3.63, 3.8) is 0 Å². The average molecular weight is 595 g/mol. The van der Waals surface area contributed by atoms with Crippen LogP contribution >= 0.6 is 0 Å². The van der Waals surface area contributed by atoms with Crippen molar-refractivity contribution in [2.45, 2.75) is 32.1 Å². The van der Waals surface area contributed by atoms with Gasteiger partial charge in [-0.25, -0.2) is 23.4 Å². The molecule has 0 aliphatic carbocycles. The predicted octanol–water partition coefficient (Wildman–Crippen LogP) is 6.14. The van der Waals surface area contributed by atoms with E-state index in [2.05, 4.69) is 32.2 Å². The SMILES string of the molecule is Cc1ccc2c(NS(=O)(=O)Cc3ccccc3)cccc2c1Oc1ncccc1-c1ccnc(N[C@@H]2CNC[C@H](C)C2)n1. The molecule has 3 aromatic carbocycles. The van der Waals surface area contributed by atoms with Crippen LogP contribution in [0.4, 0.5) is 11.6 Å². The summed E-state index contributed by atoms with van der Waals surface area (Å²) in [4.78, 5) is 13.8. The number of piperidine rings is 1. The number of pyridine rings is 1. The molecule has 1 saturated heterocycles. The summed E-state index contributed by atoms with van der Waals surface area (Å²) >= 11 is 0. The molecule has 9 nitrogen and oxygen atoms in total. The van der Waals surface area contributed by atoms with Crippen LogP contribution < -0.4 is 20.1 Å². The summed E-state index contributed by atoms with van der Waals surface area (Å²) in [7, 11) is -3.65. The minimum Gasteiger partial charge on any atom is -0.437 e. The fraction of sp³-hybridized carbons (Fsp3) is 0.242. The van der Waals surface area contributed by atoms with Crippen LogP contribution in [0.2, 0.25) is 0 Å². The molecule has 2 atom stereocenters. The smallest absolute Gasteiger partial charge is 0.236 e. The molecule has 1 aliphatic rings. The maximum atomic E-state index is 13.1. The number of hydrogen-bond donors (Lipinski definition) is 3. The van der Waals surface area contributed by atoms with Crippen LogP contribution in [0.1, 0.15) is 24.5 Å². The molecular formula is C33H34N6O3S. The summed E-state index contributed by atoms with van der Waals surface area (Å²) in [6.07, 6.45) is 4.46. The highest BCUT2D eigenvalue weighted by Crippen LogP contribution is 2.39. The van der Waals surface area contributed by atoms with Crippen LogP contribution in [-0.2, 0) is 15.8 Å². The van der Waals surface area contributed by atoms with Crippen LogP contribution in [-0.4, -0.2) is 42.5 Å². The monoisotopic (exact) mass is 594 g/mol. The molecule has 0 spiro atoms. The Morgan fingerprint density at radius 3 is 2.60 bits per heavy atom. The normalized spacial score (nSPS) is 17.0. The summed E-state index contributed by atoms with van der Waals surface area (Å²) in [5.41, 5.74) is 3.49. The number of ether oxygens (including phenoxy) is 1. The van der Waals surface area contributed by atoms with E-state index >= 15 is 0 Å². The minimum atomic E-state index is -3.65. The van der Waals surface area contributed by atoms with Crippen molar-refractivity contribution >= 4 is 32.4 Å². The molecule has 3 heterocycles. The van der Waals surface area contributed by atoms with Crippen molar-refractivity contribution in [3.05, 3.63) is 102 Å². The zero-order valence-corrected chi connectivity index (χ0v) is 24.9. The van der Waals surface area contributed by atoms with Gasteiger partial charge in [0.2, 0.25) is 21.9 Å². The first-order valence-electron chi connectivity index (χ1n) is 14.3. The lowest BCUT2D eigenvalue weighted by atomic mass is 9.98. The van der Waals surface area contributed by atoms with Gasteiger partial charge in [-0.15, -0.1) is 0 Å². The standard InChI is InChI=1S/C33H34N6O3S/c1-22-18-25(20-34-19-22)37-33-36-17-15-29(38-33)28-11-7-16-35-32(28)42-31-23(2)13-14-26-27(31)10-6-12-30(26)39-43(40,41)21-24-8-4-3-5-9-24/h3-17,22,25,34,39H,18-21H2,1-2H3,(H,36,37,38)/t22-,25+/m1/s1. The first-order valence-corrected chi connectivity index (χ1v) is 16.0. The second-order valence-electron chi connectivity index (χ2n) is 11.0. The van der Waals surface area contributed by atoms with Crippen LogP contribution in [0.25, 0.3) is 22.0 Å². The average Bonchev–Trinajstić information content (AvgIpc) is 2.99. The molecule has 43 heavy (non-hydrogen) atoms.